The van der Waals surface area contributed by atoms with Gasteiger partial charge in [-0.15, -0.1) is 0 Å². The van der Waals surface area contributed by atoms with Crippen molar-refractivity contribution in [1.29, 1.82) is 0 Å². The van der Waals surface area contributed by atoms with Crippen molar-refractivity contribution in [1.82, 2.24) is 14.9 Å². The van der Waals surface area contributed by atoms with Crippen LogP contribution in [0.4, 0.5) is 4.39 Å². The van der Waals surface area contributed by atoms with Crippen LogP contribution in [0.15, 0.2) is 36.7 Å². The number of halogens is 1. The number of nitrogens with zero attached hydrogens (tertiary/aromatic N) is 2. The molecule has 84 valence electrons. The van der Waals surface area contributed by atoms with Crippen molar-refractivity contribution in [2.24, 2.45) is 7.05 Å². The molecule has 1 unspecified atom stereocenters. The lowest BCUT2D eigenvalue weighted by atomic mass is 10.1. The fraction of sp³-hybridized carbons (Fsp3) is 0.250. The Morgan fingerprint density at radius 1 is 1.38 bits per heavy atom. The Kier molecular flexibility index (Phi) is 3.01. The zero-order valence-corrected chi connectivity index (χ0v) is 9.31. The zero-order chi connectivity index (χ0) is 11.5. The Hall–Kier alpha value is -1.68. The number of hydrogen-bond donors (Lipinski definition) is 1. The van der Waals surface area contributed by atoms with Crippen LogP contribution in [0.1, 0.15) is 17.4 Å². The number of nitrogens with one attached hydrogen (secondary N) is 1. The molecule has 0 fully saturated rings. The fourth-order valence-electron chi connectivity index (χ4n) is 1.79. The topological polar surface area (TPSA) is 29.9 Å². The third-order valence-electron chi connectivity index (χ3n) is 2.62. The highest BCUT2D eigenvalue weighted by Gasteiger charge is 2.18. The molecule has 1 atom stereocenters. The molecule has 0 spiro atoms. The maximum absolute atomic E-state index is 13.7. The highest BCUT2D eigenvalue weighted by molar-refractivity contribution is 5.26. The van der Waals surface area contributed by atoms with Gasteiger partial charge in [0.05, 0.1) is 6.04 Å². The first-order valence-corrected chi connectivity index (χ1v) is 5.13. The summed E-state index contributed by atoms with van der Waals surface area (Å²) in [5.41, 5.74) is 0.610. The van der Waals surface area contributed by atoms with E-state index in [1.165, 1.54) is 6.07 Å². The lowest BCUT2D eigenvalue weighted by Crippen LogP contribution is -2.22. The van der Waals surface area contributed by atoms with E-state index in [-0.39, 0.29) is 11.9 Å². The molecule has 2 aromatic rings. The van der Waals surface area contributed by atoms with Crippen LogP contribution in [0.2, 0.25) is 0 Å². The molecule has 0 amide bonds. The maximum Gasteiger partial charge on any atom is 0.130 e. The predicted molar refractivity (Wildman–Crippen MR) is 60.5 cm³/mol. The average Bonchev–Trinajstić information content (AvgIpc) is 2.69. The number of imidazole rings is 1. The van der Waals surface area contributed by atoms with Crippen LogP contribution in [0.5, 0.6) is 0 Å². The van der Waals surface area contributed by atoms with Gasteiger partial charge in [-0.1, -0.05) is 18.2 Å². The van der Waals surface area contributed by atoms with E-state index in [0.717, 1.165) is 5.82 Å². The number of aryl methyl sites for hydroxylation is 1. The molecule has 16 heavy (non-hydrogen) atoms. The van der Waals surface area contributed by atoms with Gasteiger partial charge in [-0.05, 0) is 13.1 Å². The summed E-state index contributed by atoms with van der Waals surface area (Å²) in [6.45, 7) is 0. The van der Waals surface area contributed by atoms with Gasteiger partial charge in [-0.2, -0.15) is 0 Å². The first-order valence-electron chi connectivity index (χ1n) is 5.13. The molecular weight excluding hydrogens is 205 g/mol. The Morgan fingerprint density at radius 3 is 2.69 bits per heavy atom. The average molecular weight is 219 g/mol. The maximum atomic E-state index is 13.7. The second kappa shape index (κ2) is 4.45. The standard InChI is InChI=1S/C12H14FN3/c1-14-11(12-15-7-8-16(12)2)9-5-3-4-6-10(9)13/h3-8,11,14H,1-2H3. The minimum absolute atomic E-state index is 0.218. The van der Waals surface area contributed by atoms with Crippen LogP contribution in [-0.2, 0) is 7.05 Å². The Morgan fingerprint density at radius 2 is 2.12 bits per heavy atom. The number of aromatic nitrogens is 2. The second-order valence-electron chi connectivity index (χ2n) is 3.64. The molecule has 1 aromatic heterocycles. The molecule has 0 saturated carbocycles. The summed E-state index contributed by atoms with van der Waals surface area (Å²) in [5, 5.41) is 3.08. The van der Waals surface area contributed by atoms with Crippen molar-refractivity contribution in [2.75, 3.05) is 7.05 Å². The van der Waals surface area contributed by atoms with Gasteiger partial charge in [0, 0.05) is 25.0 Å². The van der Waals surface area contributed by atoms with Crippen molar-refractivity contribution in [3.63, 3.8) is 0 Å². The summed E-state index contributed by atoms with van der Waals surface area (Å²) in [6, 6.07) is 6.52. The van der Waals surface area contributed by atoms with Crippen LogP contribution in [0, 0.1) is 5.82 Å². The Balaban J connectivity index is 2.45. The van der Waals surface area contributed by atoms with E-state index in [1.54, 1.807) is 25.4 Å². The number of hydrogen-bond acceptors (Lipinski definition) is 2. The van der Waals surface area contributed by atoms with Crippen LogP contribution in [0.3, 0.4) is 0 Å². The molecule has 2 rings (SSSR count). The zero-order valence-electron chi connectivity index (χ0n) is 9.31. The van der Waals surface area contributed by atoms with Crippen molar-refractivity contribution in [3.05, 3.63) is 53.9 Å². The lowest BCUT2D eigenvalue weighted by molar-refractivity contribution is 0.553. The largest absolute Gasteiger partial charge is 0.336 e. The quantitative estimate of drug-likeness (QED) is 0.854. The number of benzene rings is 1. The van der Waals surface area contributed by atoms with E-state index in [1.807, 2.05) is 23.9 Å². The van der Waals surface area contributed by atoms with Gasteiger partial charge in [0.25, 0.3) is 0 Å². The van der Waals surface area contributed by atoms with Crippen LogP contribution in [0.25, 0.3) is 0 Å². The monoisotopic (exact) mass is 219 g/mol. The first-order chi connectivity index (χ1) is 7.74. The Labute approximate surface area is 93.9 Å². The molecule has 0 radical (unpaired) electrons. The molecule has 0 saturated heterocycles. The minimum Gasteiger partial charge on any atom is -0.336 e. The minimum atomic E-state index is -0.221. The van der Waals surface area contributed by atoms with Crippen molar-refractivity contribution in [2.45, 2.75) is 6.04 Å². The summed E-state index contributed by atoms with van der Waals surface area (Å²) in [4.78, 5) is 4.24. The molecule has 0 bridgehead atoms. The van der Waals surface area contributed by atoms with E-state index >= 15 is 0 Å². The molecule has 1 aromatic carbocycles. The summed E-state index contributed by atoms with van der Waals surface area (Å²) in [5.74, 6) is 0.581. The van der Waals surface area contributed by atoms with E-state index in [9.17, 15) is 4.39 Å². The smallest absolute Gasteiger partial charge is 0.130 e. The van der Waals surface area contributed by atoms with E-state index in [4.69, 9.17) is 0 Å². The summed E-state index contributed by atoms with van der Waals surface area (Å²) < 4.78 is 15.6. The van der Waals surface area contributed by atoms with E-state index in [0.29, 0.717) is 5.56 Å². The highest BCUT2D eigenvalue weighted by Crippen LogP contribution is 2.22. The van der Waals surface area contributed by atoms with Gasteiger partial charge in [0.1, 0.15) is 11.6 Å². The number of rotatable bonds is 3. The SMILES string of the molecule is CNC(c1ccccc1F)c1nccn1C. The molecule has 4 heteroatoms. The van der Waals surface area contributed by atoms with Gasteiger partial charge < -0.3 is 9.88 Å². The first kappa shape index (κ1) is 10.8. The summed E-state index contributed by atoms with van der Waals surface area (Å²) >= 11 is 0. The van der Waals surface area contributed by atoms with Gasteiger partial charge in [-0.3, -0.25) is 0 Å². The molecule has 3 nitrogen and oxygen atoms in total. The molecule has 0 aliphatic carbocycles. The van der Waals surface area contributed by atoms with Gasteiger partial charge in [0.15, 0.2) is 0 Å². The molecule has 1 N–H and O–H groups in total. The third kappa shape index (κ3) is 1.84. The fourth-order valence-corrected chi connectivity index (χ4v) is 1.79. The van der Waals surface area contributed by atoms with Crippen molar-refractivity contribution < 1.29 is 4.39 Å². The second-order valence-corrected chi connectivity index (χ2v) is 3.64. The summed E-state index contributed by atoms with van der Waals surface area (Å²) in [7, 11) is 3.69. The predicted octanol–water partition coefficient (Wildman–Crippen LogP) is 1.87. The third-order valence-corrected chi connectivity index (χ3v) is 2.62. The van der Waals surface area contributed by atoms with Gasteiger partial charge >= 0.3 is 0 Å². The van der Waals surface area contributed by atoms with Crippen molar-refractivity contribution in [3.8, 4) is 0 Å². The Bertz CT molecular complexity index is 479. The van der Waals surface area contributed by atoms with Crippen LogP contribution < -0.4 is 5.32 Å². The highest BCUT2D eigenvalue weighted by atomic mass is 19.1. The van der Waals surface area contributed by atoms with Crippen LogP contribution >= 0.6 is 0 Å². The van der Waals surface area contributed by atoms with Gasteiger partial charge in [0.2, 0.25) is 0 Å². The van der Waals surface area contributed by atoms with E-state index in [2.05, 4.69) is 10.3 Å². The molecule has 0 aliphatic heterocycles. The van der Waals surface area contributed by atoms with Crippen LogP contribution in [-0.4, -0.2) is 16.6 Å². The lowest BCUT2D eigenvalue weighted by Gasteiger charge is -2.16. The molecule has 0 aliphatic rings. The van der Waals surface area contributed by atoms with Gasteiger partial charge in [-0.25, -0.2) is 9.37 Å². The molecule has 1 heterocycles. The normalized spacial score (nSPS) is 12.7. The van der Waals surface area contributed by atoms with E-state index < -0.39 is 0 Å². The van der Waals surface area contributed by atoms with Crippen molar-refractivity contribution >= 4 is 0 Å². The summed E-state index contributed by atoms with van der Waals surface area (Å²) in [6.07, 6.45) is 3.56. The molecular formula is C12H14FN3.